The number of nitrogens with one attached hydrogen (secondary N) is 2. The molecule has 1 amide bonds. The Morgan fingerprint density at radius 1 is 1.40 bits per heavy atom. The van der Waals surface area contributed by atoms with Gasteiger partial charge in [-0.25, -0.2) is 0 Å². The number of carbonyl (C=O) groups excluding carboxylic acids is 1. The van der Waals surface area contributed by atoms with Crippen LogP contribution in [-0.2, 0) is 4.79 Å². The van der Waals surface area contributed by atoms with E-state index in [4.69, 9.17) is 18.0 Å². The molecular formula is C14H18N4OS. The summed E-state index contributed by atoms with van der Waals surface area (Å²) < 4.78 is 0. The van der Waals surface area contributed by atoms with Crippen molar-refractivity contribution in [1.29, 1.82) is 0 Å². The maximum Gasteiger partial charge on any atom is 0.224 e. The molecule has 106 valence electrons. The molecule has 6 heteroatoms. The first-order valence-corrected chi connectivity index (χ1v) is 7.00. The summed E-state index contributed by atoms with van der Waals surface area (Å²) in [6.45, 7) is 2.01. The second-order valence-electron chi connectivity index (χ2n) is 4.84. The zero-order valence-electron chi connectivity index (χ0n) is 11.4. The molecule has 0 aromatic heterocycles. The minimum atomic E-state index is 0.0404. The summed E-state index contributed by atoms with van der Waals surface area (Å²) >= 11 is 4.78. The summed E-state index contributed by atoms with van der Waals surface area (Å²) in [5.41, 5.74) is 11.7. The van der Waals surface area contributed by atoms with Crippen LogP contribution < -0.4 is 16.5 Å². The lowest BCUT2D eigenvalue weighted by atomic mass is 10.0. The van der Waals surface area contributed by atoms with E-state index in [1.165, 1.54) is 0 Å². The van der Waals surface area contributed by atoms with Crippen LogP contribution in [0.5, 0.6) is 0 Å². The SMILES string of the molecule is Cc1ccc2c(c1)/C(=N\NC(N)=S)CCCCC(=O)N2. The van der Waals surface area contributed by atoms with Gasteiger partial charge >= 0.3 is 0 Å². The Balaban J connectivity index is 2.43. The molecule has 0 saturated heterocycles. The highest BCUT2D eigenvalue weighted by Gasteiger charge is 2.15. The maximum absolute atomic E-state index is 11.8. The van der Waals surface area contributed by atoms with Crippen LogP contribution in [0, 0.1) is 6.92 Å². The highest BCUT2D eigenvalue weighted by molar-refractivity contribution is 7.80. The second-order valence-corrected chi connectivity index (χ2v) is 5.28. The van der Waals surface area contributed by atoms with E-state index in [2.05, 4.69) is 15.8 Å². The summed E-state index contributed by atoms with van der Waals surface area (Å²) in [5, 5.41) is 7.35. The lowest BCUT2D eigenvalue weighted by Gasteiger charge is -2.12. The minimum Gasteiger partial charge on any atom is -0.375 e. The molecule has 1 aliphatic heterocycles. The number of anilines is 1. The number of carbonyl (C=O) groups is 1. The number of benzene rings is 1. The number of fused-ring (bicyclic) bond motifs is 1. The molecule has 0 atom stereocenters. The number of hydrogen-bond donors (Lipinski definition) is 3. The largest absolute Gasteiger partial charge is 0.375 e. The zero-order chi connectivity index (χ0) is 14.5. The smallest absolute Gasteiger partial charge is 0.224 e. The predicted molar refractivity (Wildman–Crippen MR) is 84.7 cm³/mol. The van der Waals surface area contributed by atoms with Crippen molar-refractivity contribution in [3.63, 3.8) is 0 Å². The molecule has 20 heavy (non-hydrogen) atoms. The van der Waals surface area contributed by atoms with E-state index in [-0.39, 0.29) is 11.0 Å². The van der Waals surface area contributed by atoms with Crippen LogP contribution in [0.2, 0.25) is 0 Å². The number of thiocarbonyl (C=S) groups is 1. The van der Waals surface area contributed by atoms with Crippen molar-refractivity contribution < 1.29 is 4.79 Å². The van der Waals surface area contributed by atoms with Gasteiger partial charge in [-0.05, 0) is 50.5 Å². The number of nitrogens with two attached hydrogens (primary N) is 1. The molecule has 2 rings (SSSR count). The van der Waals surface area contributed by atoms with Crippen molar-refractivity contribution in [1.82, 2.24) is 5.43 Å². The molecule has 5 nitrogen and oxygen atoms in total. The van der Waals surface area contributed by atoms with Crippen molar-refractivity contribution in [2.24, 2.45) is 10.8 Å². The highest BCUT2D eigenvalue weighted by Crippen LogP contribution is 2.23. The van der Waals surface area contributed by atoms with Gasteiger partial charge in [-0.3, -0.25) is 10.2 Å². The molecule has 0 bridgehead atoms. The number of hydrazone groups is 1. The van der Waals surface area contributed by atoms with E-state index in [0.29, 0.717) is 6.42 Å². The number of aryl methyl sites for hydroxylation is 1. The fraction of sp³-hybridized carbons (Fsp3) is 0.357. The van der Waals surface area contributed by atoms with Gasteiger partial charge in [0.25, 0.3) is 0 Å². The Morgan fingerprint density at radius 3 is 2.90 bits per heavy atom. The highest BCUT2D eigenvalue weighted by atomic mass is 32.1. The lowest BCUT2D eigenvalue weighted by Crippen LogP contribution is -2.26. The van der Waals surface area contributed by atoms with Crippen LogP contribution in [0.1, 0.15) is 36.8 Å². The molecule has 0 saturated carbocycles. The van der Waals surface area contributed by atoms with Gasteiger partial charge in [0, 0.05) is 17.7 Å². The number of hydrogen-bond acceptors (Lipinski definition) is 3. The molecule has 1 aliphatic rings. The molecule has 1 aromatic rings. The molecule has 4 N–H and O–H groups in total. The number of rotatable bonds is 1. The van der Waals surface area contributed by atoms with Gasteiger partial charge in [-0.2, -0.15) is 5.10 Å². The van der Waals surface area contributed by atoms with Crippen molar-refractivity contribution >= 4 is 34.6 Å². The number of amides is 1. The van der Waals surface area contributed by atoms with Gasteiger partial charge in [0.15, 0.2) is 5.11 Å². The summed E-state index contributed by atoms with van der Waals surface area (Å²) in [6, 6.07) is 5.89. The van der Waals surface area contributed by atoms with Crippen LogP contribution in [0.3, 0.4) is 0 Å². The summed E-state index contributed by atoms with van der Waals surface area (Å²) in [5.74, 6) is 0.0404. The van der Waals surface area contributed by atoms with E-state index in [9.17, 15) is 4.79 Å². The Hall–Kier alpha value is -1.95. The van der Waals surface area contributed by atoms with E-state index in [1.807, 2.05) is 25.1 Å². The van der Waals surface area contributed by atoms with Crippen molar-refractivity contribution in [2.75, 3.05) is 5.32 Å². The standard InChI is InChI=1S/C14H18N4OS/c1-9-6-7-11-10(8-9)12(17-18-14(15)20)4-2-3-5-13(19)16-11/h6-8H,2-5H2,1H3,(H,16,19)(H3,15,18,20)/b17-12-. The average Bonchev–Trinajstić information content (AvgIpc) is 2.46. The summed E-state index contributed by atoms with van der Waals surface area (Å²) in [4.78, 5) is 11.8. The second kappa shape index (κ2) is 6.47. The Bertz CT molecular complexity index is 568. The molecule has 0 radical (unpaired) electrons. The molecule has 1 aromatic carbocycles. The first-order valence-electron chi connectivity index (χ1n) is 6.59. The normalized spacial score (nSPS) is 17.4. The third kappa shape index (κ3) is 3.77. The molecule has 0 spiro atoms. The molecule has 0 unspecified atom stereocenters. The molecular weight excluding hydrogens is 272 g/mol. The predicted octanol–water partition coefficient (Wildman–Crippen LogP) is 2.04. The van der Waals surface area contributed by atoms with E-state index in [0.717, 1.165) is 41.8 Å². The molecule has 0 aliphatic carbocycles. The monoisotopic (exact) mass is 290 g/mol. The van der Waals surface area contributed by atoms with Crippen molar-refractivity contribution in [3.8, 4) is 0 Å². The molecule has 1 heterocycles. The Kier molecular flexibility index (Phi) is 4.68. The van der Waals surface area contributed by atoms with Gasteiger partial charge in [0.2, 0.25) is 5.91 Å². The maximum atomic E-state index is 11.8. The average molecular weight is 290 g/mol. The summed E-state index contributed by atoms with van der Waals surface area (Å²) in [6.07, 6.45) is 3.05. The van der Waals surface area contributed by atoms with Crippen molar-refractivity contribution in [3.05, 3.63) is 29.3 Å². The van der Waals surface area contributed by atoms with E-state index >= 15 is 0 Å². The van der Waals surface area contributed by atoms with Gasteiger partial charge in [-0.15, -0.1) is 0 Å². The quantitative estimate of drug-likeness (QED) is 0.546. The van der Waals surface area contributed by atoms with Crippen LogP contribution >= 0.6 is 12.2 Å². The van der Waals surface area contributed by atoms with Crippen LogP contribution in [-0.4, -0.2) is 16.7 Å². The van der Waals surface area contributed by atoms with Crippen LogP contribution in [0.25, 0.3) is 0 Å². The van der Waals surface area contributed by atoms with E-state index < -0.39 is 0 Å². The third-order valence-electron chi connectivity index (χ3n) is 3.13. The van der Waals surface area contributed by atoms with Gasteiger partial charge in [0.05, 0.1) is 5.71 Å². The topological polar surface area (TPSA) is 79.5 Å². The summed E-state index contributed by atoms with van der Waals surface area (Å²) in [7, 11) is 0. The first kappa shape index (κ1) is 14.5. The fourth-order valence-electron chi connectivity index (χ4n) is 2.17. The van der Waals surface area contributed by atoms with Crippen molar-refractivity contribution in [2.45, 2.75) is 32.6 Å². The Morgan fingerprint density at radius 2 is 2.15 bits per heavy atom. The Labute approximate surface area is 123 Å². The zero-order valence-corrected chi connectivity index (χ0v) is 12.2. The van der Waals surface area contributed by atoms with Gasteiger partial charge < -0.3 is 11.1 Å². The van der Waals surface area contributed by atoms with Crippen LogP contribution in [0.4, 0.5) is 5.69 Å². The van der Waals surface area contributed by atoms with Gasteiger partial charge in [0.1, 0.15) is 0 Å². The fourth-order valence-corrected chi connectivity index (χ4v) is 2.22. The minimum absolute atomic E-state index is 0.0404. The van der Waals surface area contributed by atoms with Gasteiger partial charge in [-0.1, -0.05) is 11.6 Å². The first-order chi connectivity index (χ1) is 9.56. The number of nitrogens with zero attached hydrogens (tertiary/aromatic N) is 1. The molecule has 0 fully saturated rings. The van der Waals surface area contributed by atoms with Crippen LogP contribution in [0.15, 0.2) is 23.3 Å². The third-order valence-corrected chi connectivity index (χ3v) is 3.22. The lowest BCUT2D eigenvalue weighted by molar-refractivity contribution is -0.116. The van der Waals surface area contributed by atoms with E-state index in [1.54, 1.807) is 0 Å².